The predicted octanol–water partition coefficient (Wildman–Crippen LogP) is 2.48. The van der Waals surface area contributed by atoms with Gasteiger partial charge in [-0.15, -0.1) is 0 Å². The number of hydrogen-bond acceptors (Lipinski definition) is 4. The van der Waals surface area contributed by atoms with Crippen molar-refractivity contribution in [3.63, 3.8) is 0 Å². The van der Waals surface area contributed by atoms with Crippen LogP contribution in [-0.2, 0) is 16.0 Å². The van der Waals surface area contributed by atoms with E-state index in [9.17, 15) is 4.79 Å². The molecule has 0 spiro atoms. The minimum atomic E-state index is -0.353. The number of carbonyl (C=O) groups is 1. The molecule has 0 amide bonds. The van der Waals surface area contributed by atoms with Crippen molar-refractivity contribution in [3.05, 3.63) is 35.8 Å². The van der Waals surface area contributed by atoms with Gasteiger partial charge >= 0.3 is 5.97 Å². The van der Waals surface area contributed by atoms with Crippen LogP contribution >= 0.6 is 11.6 Å². The summed E-state index contributed by atoms with van der Waals surface area (Å²) in [7, 11) is 0. The van der Waals surface area contributed by atoms with Gasteiger partial charge in [0, 0.05) is 25.4 Å². The normalized spacial score (nSPS) is 13.9. The number of nitrogens with zero attached hydrogens (tertiary/aromatic N) is 2. The Bertz CT molecular complexity index is 474. The van der Waals surface area contributed by atoms with E-state index in [2.05, 4.69) is 11.9 Å². The zero-order valence-corrected chi connectivity index (χ0v) is 11.0. The molecule has 0 radical (unpaired) electrons. The molecule has 1 aromatic rings. The van der Waals surface area contributed by atoms with E-state index in [1.54, 1.807) is 6.20 Å². The van der Waals surface area contributed by atoms with E-state index in [0.29, 0.717) is 12.0 Å². The van der Waals surface area contributed by atoms with Crippen molar-refractivity contribution in [1.29, 1.82) is 0 Å². The largest absolute Gasteiger partial charge is 0.446 e. The number of hydrogen-bond donors (Lipinski definition) is 0. The smallest absolute Gasteiger partial charge is 0.337 e. The van der Waals surface area contributed by atoms with E-state index in [4.69, 9.17) is 16.3 Å². The summed E-state index contributed by atoms with van der Waals surface area (Å²) in [5, 5.41) is 0. The van der Waals surface area contributed by atoms with Crippen LogP contribution in [0.4, 0.5) is 5.69 Å². The van der Waals surface area contributed by atoms with Crippen molar-refractivity contribution in [2.75, 3.05) is 17.5 Å². The van der Waals surface area contributed by atoms with Gasteiger partial charge in [-0.2, -0.15) is 0 Å². The van der Waals surface area contributed by atoms with Crippen molar-refractivity contribution in [3.8, 4) is 0 Å². The summed E-state index contributed by atoms with van der Waals surface area (Å²) >= 11 is 5.42. The average molecular weight is 267 g/mol. The third-order valence-electron chi connectivity index (χ3n) is 2.80. The summed E-state index contributed by atoms with van der Waals surface area (Å²) in [4.78, 5) is 17.9. The second-order valence-corrected chi connectivity index (χ2v) is 4.29. The van der Waals surface area contributed by atoms with Gasteiger partial charge in [-0.3, -0.25) is 4.98 Å². The number of fused-ring (bicyclic) bond motifs is 1. The zero-order valence-electron chi connectivity index (χ0n) is 10.2. The highest BCUT2D eigenvalue weighted by molar-refractivity contribution is 6.17. The van der Waals surface area contributed by atoms with Crippen molar-refractivity contribution >= 4 is 23.3 Å². The summed E-state index contributed by atoms with van der Waals surface area (Å²) in [6.45, 7) is 2.94. The highest BCUT2D eigenvalue weighted by Gasteiger charge is 2.22. The first-order valence-electron chi connectivity index (χ1n) is 5.89. The topological polar surface area (TPSA) is 42.4 Å². The molecule has 0 saturated carbocycles. The Kier molecular flexibility index (Phi) is 4.20. The maximum Gasteiger partial charge on any atom is 0.337 e. The molecule has 2 rings (SSSR count). The Morgan fingerprint density at radius 2 is 2.44 bits per heavy atom. The van der Waals surface area contributed by atoms with Crippen molar-refractivity contribution < 1.29 is 9.53 Å². The number of pyridine rings is 1. The summed E-state index contributed by atoms with van der Waals surface area (Å²) in [5.74, 6) is -0.353. The van der Waals surface area contributed by atoms with Gasteiger partial charge in [0.05, 0.1) is 17.5 Å². The van der Waals surface area contributed by atoms with E-state index in [1.807, 2.05) is 23.4 Å². The van der Waals surface area contributed by atoms with Crippen molar-refractivity contribution in [2.24, 2.45) is 0 Å². The number of anilines is 1. The lowest BCUT2D eigenvalue weighted by Crippen LogP contribution is -2.26. The summed E-state index contributed by atoms with van der Waals surface area (Å²) in [6.07, 6.45) is 6.95. The molecule has 0 fully saturated rings. The van der Waals surface area contributed by atoms with Gasteiger partial charge in [0.15, 0.2) is 6.07 Å². The molecular formula is C13H15ClN2O2. The fourth-order valence-corrected chi connectivity index (χ4v) is 2.12. The van der Waals surface area contributed by atoms with Crippen LogP contribution in [0.15, 0.2) is 30.2 Å². The number of halogens is 1. The molecule has 4 nitrogen and oxygen atoms in total. The molecule has 0 saturated heterocycles. The average Bonchev–Trinajstić information content (AvgIpc) is 2.39. The molecule has 1 aliphatic heterocycles. The van der Waals surface area contributed by atoms with Crippen LogP contribution in [0.25, 0.3) is 0 Å². The third-order valence-corrected chi connectivity index (χ3v) is 2.91. The van der Waals surface area contributed by atoms with Crippen LogP contribution in [0.1, 0.15) is 18.9 Å². The third kappa shape index (κ3) is 2.64. The lowest BCUT2D eigenvalue weighted by atomic mass is 10.0. The molecule has 18 heavy (non-hydrogen) atoms. The molecule has 0 aromatic carbocycles. The van der Waals surface area contributed by atoms with Crippen molar-refractivity contribution in [2.45, 2.75) is 19.8 Å². The molecular weight excluding hydrogens is 252 g/mol. The predicted molar refractivity (Wildman–Crippen MR) is 70.5 cm³/mol. The van der Waals surface area contributed by atoms with E-state index >= 15 is 0 Å². The van der Waals surface area contributed by atoms with E-state index < -0.39 is 0 Å². The number of alkyl halides is 1. The number of esters is 1. The van der Waals surface area contributed by atoms with Crippen LogP contribution in [0.3, 0.4) is 0 Å². The Hall–Kier alpha value is -1.55. The van der Waals surface area contributed by atoms with Gasteiger partial charge in [-0.05, 0) is 18.1 Å². The van der Waals surface area contributed by atoms with Crippen LogP contribution in [0.2, 0.25) is 0 Å². The van der Waals surface area contributed by atoms with Gasteiger partial charge in [0.25, 0.3) is 0 Å². The SMILES string of the molecule is CCCN1C=C(C(=O)OCCl)Cc2ccncc21. The zero-order chi connectivity index (χ0) is 13.0. The number of aromatic nitrogens is 1. The number of rotatable bonds is 4. The first kappa shape index (κ1) is 12.9. The fraction of sp³-hybridized carbons (Fsp3) is 0.385. The van der Waals surface area contributed by atoms with Crippen LogP contribution < -0.4 is 4.90 Å². The molecule has 2 heterocycles. The lowest BCUT2D eigenvalue weighted by molar-refractivity contribution is -0.137. The van der Waals surface area contributed by atoms with Gasteiger partial charge in [0.1, 0.15) is 0 Å². The van der Waals surface area contributed by atoms with Gasteiger partial charge in [0.2, 0.25) is 0 Å². The second kappa shape index (κ2) is 5.87. The minimum Gasteiger partial charge on any atom is -0.446 e. The molecule has 96 valence electrons. The monoisotopic (exact) mass is 266 g/mol. The Labute approximate surface area is 111 Å². The molecule has 0 bridgehead atoms. The van der Waals surface area contributed by atoms with Gasteiger partial charge < -0.3 is 9.64 Å². The number of ether oxygens (including phenoxy) is 1. The Balaban J connectivity index is 2.29. The minimum absolute atomic E-state index is 0.118. The van der Waals surface area contributed by atoms with E-state index in [-0.39, 0.29) is 12.0 Å². The highest BCUT2D eigenvalue weighted by Crippen LogP contribution is 2.28. The Morgan fingerprint density at radius 1 is 1.61 bits per heavy atom. The highest BCUT2D eigenvalue weighted by atomic mass is 35.5. The molecule has 5 heteroatoms. The Morgan fingerprint density at radius 3 is 3.17 bits per heavy atom. The lowest BCUT2D eigenvalue weighted by Gasteiger charge is -2.27. The molecule has 0 atom stereocenters. The summed E-state index contributed by atoms with van der Waals surface area (Å²) in [5.41, 5.74) is 2.77. The molecule has 1 aromatic heterocycles. The van der Waals surface area contributed by atoms with Crippen LogP contribution in [-0.4, -0.2) is 23.6 Å². The van der Waals surface area contributed by atoms with Gasteiger partial charge in [-0.25, -0.2) is 4.79 Å². The molecule has 0 N–H and O–H groups in total. The van der Waals surface area contributed by atoms with Gasteiger partial charge in [-0.1, -0.05) is 18.5 Å². The van der Waals surface area contributed by atoms with Crippen LogP contribution in [0, 0.1) is 0 Å². The standard InChI is InChI=1S/C13H15ClN2O2/c1-2-5-16-8-11(13(17)18-9-14)6-10-3-4-15-7-12(10)16/h3-4,7-8H,2,5-6,9H2,1H3. The molecule has 0 unspecified atom stereocenters. The van der Waals surface area contributed by atoms with Crippen molar-refractivity contribution in [1.82, 2.24) is 4.98 Å². The van der Waals surface area contributed by atoms with Crippen LogP contribution in [0.5, 0.6) is 0 Å². The first-order chi connectivity index (χ1) is 8.76. The molecule has 0 aliphatic carbocycles. The first-order valence-corrected chi connectivity index (χ1v) is 6.43. The van der Waals surface area contributed by atoms with E-state index in [0.717, 1.165) is 24.2 Å². The second-order valence-electron chi connectivity index (χ2n) is 4.07. The van der Waals surface area contributed by atoms with E-state index in [1.165, 1.54) is 0 Å². The summed E-state index contributed by atoms with van der Waals surface area (Å²) < 4.78 is 4.84. The maximum absolute atomic E-state index is 11.7. The summed E-state index contributed by atoms with van der Waals surface area (Å²) in [6, 6.07) is 1.81. The quantitative estimate of drug-likeness (QED) is 0.620. The maximum atomic E-state index is 11.7. The molecule has 1 aliphatic rings. The number of carbonyl (C=O) groups excluding carboxylic acids is 1. The fourth-order valence-electron chi connectivity index (χ4n) is 2.02.